The minimum atomic E-state index is -1.53. The van der Waals surface area contributed by atoms with E-state index >= 15 is 0 Å². The molecule has 0 aliphatic carbocycles. The molecule has 0 amide bonds. The van der Waals surface area contributed by atoms with Gasteiger partial charge in [0.15, 0.2) is 17.5 Å². The molecule has 2 aromatic rings. The lowest BCUT2D eigenvalue weighted by Gasteiger charge is -2.04. The van der Waals surface area contributed by atoms with Crippen LogP contribution in [0.5, 0.6) is 0 Å². The van der Waals surface area contributed by atoms with Gasteiger partial charge in [-0.3, -0.25) is 0 Å². The first-order valence-corrected chi connectivity index (χ1v) is 5.36. The van der Waals surface area contributed by atoms with Crippen molar-refractivity contribution < 1.29 is 13.2 Å². The number of anilines is 1. The molecule has 0 bridgehead atoms. The van der Waals surface area contributed by atoms with Crippen molar-refractivity contribution in [3.63, 3.8) is 0 Å². The smallest absolute Gasteiger partial charge is 0.194 e. The standard InChI is InChI=1S/C13H10F3N3/c1-3-4-19-7(2)18-12(13(19)17)8-5-9(14)11(16)10(15)6-8/h1,5-6H,4,17H2,2H3. The van der Waals surface area contributed by atoms with E-state index in [1.54, 1.807) is 6.92 Å². The molecule has 0 unspecified atom stereocenters. The van der Waals surface area contributed by atoms with Gasteiger partial charge in [-0.1, -0.05) is 5.92 Å². The largest absolute Gasteiger partial charge is 0.383 e. The molecule has 3 nitrogen and oxygen atoms in total. The van der Waals surface area contributed by atoms with Crippen LogP contribution in [-0.2, 0) is 6.54 Å². The highest BCUT2D eigenvalue weighted by Crippen LogP contribution is 2.28. The fourth-order valence-electron chi connectivity index (χ4n) is 1.78. The van der Waals surface area contributed by atoms with Gasteiger partial charge in [-0.25, -0.2) is 18.2 Å². The Morgan fingerprint density at radius 3 is 2.42 bits per heavy atom. The number of nitrogens with zero attached hydrogens (tertiary/aromatic N) is 2. The SMILES string of the molecule is C#CCn1c(C)nc(-c2cc(F)c(F)c(F)c2)c1N. The molecular formula is C13H10F3N3. The normalized spacial score (nSPS) is 10.5. The Morgan fingerprint density at radius 2 is 1.89 bits per heavy atom. The molecular weight excluding hydrogens is 255 g/mol. The molecule has 0 aliphatic heterocycles. The highest BCUT2D eigenvalue weighted by molar-refractivity contribution is 5.71. The summed E-state index contributed by atoms with van der Waals surface area (Å²) in [6.07, 6.45) is 5.19. The maximum absolute atomic E-state index is 13.2. The molecule has 1 aromatic heterocycles. The fourth-order valence-corrected chi connectivity index (χ4v) is 1.78. The summed E-state index contributed by atoms with van der Waals surface area (Å²) in [5.41, 5.74) is 6.06. The Hall–Kier alpha value is -2.42. The maximum Gasteiger partial charge on any atom is 0.194 e. The zero-order valence-corrected chi connectivity index (χ0v) is 10.0. The molecule has 0 spiro atoms. The average molecular weight is 265 g/mol. The van der Waals surface area contributed by atoms with Gasteiger partial charge in [0.25, 0.3) is 0 Å². The zero-order valence-electron chi connectivity index (χ0n) is 10.0. The molecule has 2 rings (SSSR count). The van der Waals surface area contributed by atoms with Crippen LogP contribution in [0.1, 0.15) is 5.82 Å². The average Bonchev–Trinajstić information content (AvgIpc) is 2.64. The number of aryl methyl sites for hydroxylation is 1. The van der Waals surface area contributed by atoms with Crippen molar-refractivity contribution in [3.8, 4) is 23.6 Å². The Bertz CT molecular complexity index is 660. The van der Waals surface area contributed by atoms with Crippen molar-refractivity contribution in [2.45, 2.75) is 13.5 Å². The topological polar surface area (TPSA) is 43.8 Å². The number of hydrogen-bond donors (Lipinski definition) is 1. The second-order valence-electron chi connectivity index (χ2n) is 3.94. The van der Waals surface area contributed by atoms with Gasteiger partial charge < -0.3 is 10.3 Å². The lowest BCUT2D eigenvalue weighted by molar-refractivity contribution is 0.447. The lowest BCUT2D eigenvalue weighted by atomic mass is 10.1. The molecule has 98 valence electrons. The van der Waals surface area contributed by atoms with Crippen molar-refractivity contribution in [3.05, 3.63) is 35.4 Å². The third-order valence-corrected chi connectivity index (χ3v) is 2.70. The third kappa shape index (κ3) is 2.15. The number of terminal acetylenes is 1. The molecule has 0 fully saturated rings. The number of benzene rings is 1. The first-order valence-electron chi connectivity index (χ1n) is 5.36. The Balaban J connectivity index is 2.61. The van der Waals surface area contributed by atoms with Gasteiger partial charge in [0.2, 0.25) is 0 Å². The van der Waals surface area contributed by atoms with E-state index in [1.165, 1.54) is 4.57 Å². The van der Waals surface area contributed by atoms with Crippen LogP contribution in [0.2, 0.25) is 0 Å². The highest BCUT2D eigenvalue weighted by atomic mass is 19.2. The van der Waals surface area contributed by atoms with E-state index in [4.69, 9.17) is 12.2 Å². The van der Waals surface area contributed by atoms with Crippen LogP contribution in [0, 0.1) is 36.7 Å². The number of aromatic nitrogens is 2. The van der Waals surface area contributed by atoms with Gasteiger partial charge in [0.05, 0.1) is 6.54 Å². The van der Waals surface area contributed by atoms with Crippen LogP contribution >= 0.6 is 0 Å². The van der Waals surface area contributed by atoms with Crippen molar-refractivity contribution in [1.29, 1.82) is 0 Å². The lowest BCUT2D eigenvalue weighted by Crippen LogP contribution is -2.03. The van der Waals surface area contributed by atoms with E-state index in [0.717, 1.165) is 12.1 Å². The van der Waals surface area contributed by atoms with E-state index in [1.807, 2.05) is 0 Å². The molecule has 1 aromatic carbocycles. The molecule has 0 radical (unpaired) electrons. The number of nitrogens with two attached hydrogens (primary N) is 1. The summed E-state index contributed by atoms with van der Waals surface area (Å²) >= 11 is 0. The van der Waals surface area contributed by atoms with Crippen molar-refractivity contribution in [2.24, 2.45) is 0 Å². The third-order valence-electron chi connectivity index (χ3n) is 2.70. The van der Waals surface area contributed by atoms with Crippen LogP contribution in [-0.4, -0.2) is 9.55 Å². The van der Waals surface area contributed by atoms with Crippen LogP contribution in [0.3, 0.4) is 0 Å². The fraction of sp³-hybridized carbons (Fsp3) is 0.154. The van der Waals surface area contributed by atoms with Crippen molar-refractivity contribution >= 4 is 5.82 Å². The van der Waals surface area contributed by atoms with E-state index in [9.17, 15) is 13.2 Å². The second-order valence-corrected chi connectivity index (χ2v) is 3.94. The summed E-state index contributed by atoms with van der Waals surface area (Å²) < 4.78 is 40.8. The Labute approximate surface area is 107 Å². The predicted octanol–water partition coefficient (Wildman–Crippen LogP) is 2.49. The van der Waals surface area contributed by atoms with Gasteiger partial charge >= 0.3 is 0 Å². The monoisotopic (exact) mass is 265 g/mol. The number of imidazole rings is 1. The number of rotatable bonds is 2. The van der Waals surface area contributed by atoms with E-state index in [0.29, 0.717) is 5.82 Å². The van der Waals surface area contributed by atoms with Crippen LogP contribution in [0.4, 0.5) is 19.0 Å². The number of halogens is 3. The van der Waals surface area contributed by atoms with Gasteiger partial charge in [0.1, 0.15) is 17.3 Å². The highest BCUT2D eigenvalue weighted by Gasteiger charge is 2.17. The minimum Gasteiger partial charge on any atom is -0.383 e. The summed E-state index contributed by atoms with van der Waals surface area (Å²) in [6.45, 7) is 1.85. The van der Waals surface area contributed by atoms with Crippen molar-refractivity contribution in [1.82, 2.24) is 9.55 Å². The summed E-state index contributed by atoms with van der Waals surface area (Å²) in [5, 5.41) is 0. The minimum absolute atomic E-state index is 0.0628. The molecule has 0 saturated heterocycles. The molecule has 6 heteroatoms. The second kappa shape index (κ2) is 4.69. The predicted molar refractivity (Wildman–Crippen MR) is 65.5 cm³/mol. The molecule has 0 saturated carbocycles. The maximum atomic E-state index is 13.2. The van der Waals surface area contributed by atoms with E-state index in [-0.39, 0.29) is 23.6 Å². The molecule has 19 heavy (non-hydrogen) atoms. The number of nitrogen functional groups attached to an aromatic ring is 1. The summed E-state index contributed by atoms with van der Waals surface area (Å²) in [4.78, 5) is 4.10. The van der Waals surface area contributed by atoms with Crippen LogP contribution in [0.15, 0.2) is 12.1 Å². The zero-order chi connectivity index (χ0) is 14.2. The van der Waals surface area contributed by atoms with E-state index < -0.39 is 17.5 Å². The molecule has 0 atom stereocenters. The van der Waals surface area contributed by atoms with Gasteiger partial charge in [-0.05, 0) is 19.1 Å². The summed E-state index contributed by atoms with van der Waals surface area (Å²) in [5.74, 6) is -1.02. The Kier molecular flexibility index (Phi) is 3.21. The molecule has 1 heterocycles. The summed E-state index contributed by atoms with van der Waals surface area (Å²) in [6, 6.07) is 1.69. The van der Waals surface area contributed by atoms with Gasteiger partial charge in [-0.2, -0.15) is 0 Å². The molecule has 2 N–H and O–H groups in total. The summed E-state index contributed by atoms with van der Waals surface area (Å²) in [7, 11) is 0. The van der Waals surface area contributed by atoms with Gasteiger partial charge in [-0.15, -0.1) is 6.42 Å². The quantitative estimate of drug-likeness (QED) is 0.669. The first-order chi connectivity index (χ1) is 8.95. The van der Waals surface area contributed by atoms with Crippen LogP contribution < -0.4 is 5.73 Å². The van der Waals surface area contributed by atoms with Crippen molar-refractivity contribution in [2.75, 3.05) is 5.73 Å². The Morgan fingerprint density at radius 1 is 1.32 bits per heavy atom. The van der Waals surface area contributed by atoms with Crippen LogP contribution in [0.25, 0.3) is 11.3 Å². The first kappa shape index (κ1) is 13.0. The molecule has 0 aliphatic rings. The number of hydrogen-bond acceptors (Lipinski definition) is 2. The van der Waals surface area contributed by atoms with Gasteiger partial charge in [0, 0.05) is 5.56 Å². The van der Waals surface area contributed by atoms with E-state index in [2.05, 4.69) is 10.9 Å².